The van der Waals surface area contributed by atoms with Crippen LogP contribution >= 0.6 is 0 Å². The third-order valence-corrected chi connectivity index (χ3v) is 4.82. The van der Waals surface area contributed by atoms with Crippen molar-refractivity contribution in [2.45, 2.75) is 62.6 Å². The molecule has 0 bridgehead atoms. The van der Waals surface area contributed by atoms with Gasteiger partial charge in [0, 0.05) is 32.0 Å². The minimum absolute atomic E-state index is 0.0128. The Hall–Kier alpha value is -1.15. The van der Waals surface area contributed by atoms with Crippen molar-refractivity contribution in [1.29, 1.82) is 0 Å². The van der Waals surface area contributed by atoms with Crippen molar-refractivity contribution in [3.63, 3.8) is 0 Å². The molecule has 2 fully saturated rings. The smallest absolute Gasteiger partial charge is 0.248 e. The average Bonchev–Trinajstić information content (AvgIpc) is 3.04. The van der Waals surface area contributed by atoms with Crippen molar-refractivity contribution in [3.05, 3.63) is 5.82 Å². The van der Waals surface area contributed by atoms with Gasteiger partial charge in [-0.15, -0.1) is 5.10 Å². The summed E-state index contributed by atoms with van der Waals surface area (Å²) in [5, 5.41) is 21.2. The first-order valence-electron chi connectivity index (χ1n) is 7.50. The van der Waals surface area contributed by atoms with E-state index in [1.807, 2.05) is 0 Å². The van der Waals surface area contributed by atoms with E-state index in [1.165, 1.54) is 0 Å². The highest BCUT2D eigenvalue weighted by molar-refractivity contribution is 5.02. The summed E-state index contributed by atoms with van der Waals surface area (Å²) in [6.45, 7) is 0.0503. The van der Waals surface area contributed by atoms with Crippen LogP contribution in [0.2, 0.25) is 0 Å². The van der Waals surface area contributed by atoms with Gasteiger partial charge in [-0.25, -0.2) is 13.5 Å². The Morgan fingerprint density at radius 2 is 1.95 bits per heavy atom. The van der Waals surface area contributed by atoms with E-state index in [4.69, 9.17) is 0 Å². The second-order valence-electron chi connectivity index (χ2n) is 6.12. The third kappa shape index (κ3) is 2.78. The van der Waals surface area contributed by atoms with E-state index in [2.05, 4.69) is 20.4 Å². The van der Waals surface area contributed by atoms with E-state index < -0.39 is 5.92 Å². The zero-order valence-corrected chi connectivity index (χ0v) is 12.1. The minimum Gasteiger partial charge on any atom is -0.395 e. The van der Waals surface area contributed by atoms with Crippen LogP contribution in [0, 0.1) is 0 Å². The van der Waals surface area contributed by atoms with Gasteiger partial charge < -0.3 is 5.11 Å². The van der Waals surface area contributed by atoms with E-state index in [-0.39, 0.29) is 37.6 Å². The van der Waals surface area contributed by atoms with Crippen LogP contribution < -0.4 is 0 Å². The quantitative estimate of drug-likeness (QED) is 0.911. The van der Waals surface area contributed by atoms with E-state index in [0.717, 1.165) is 18.7 Å². The van der Waals surface area contributed by atoms with Gasteiger partial charge in [-0.05, 0) is 36.1 Å². The molecule has 1 saturated carbocycles. The summed E-state index contributed by atoms with van der Waals surface area (Å²) in [6, 6.07) is 0.105. The lowest BCUT2D eigenvalue weighted by molar-refractivity contribution is -0.0628. The normalized spacial score (nSPS) is 30.9. The Bertz CT molecular complexity index is 485. The summed E-state index contributed by atoms with van der Waals surface area (Å²) in [4.78, 5) is 2.18. The molecule has 1 aromatic heterocycles. The highest BCUT2D eigenvalue weighted by Crippen LogP contribution is 2.43. The van der Waals surface area contributed by atoms with Gasteiger partial charge in [0.2, 0.25) is 5.92 Å². The third-order valence-electron chi connectivity index (χ3n) is 4.82. The zero-order chi connectivity index (χ0) is 15.0. The van der Waals surface area contributed by atoms with Crippen LogP contribution in [-0.4, -0.2) is 54.8 Å². The Morgan fingerprint density at radius 1 is 1.24 bits per heavy atom. The number of likely N-dealkylation sites (tertiary alicyclic amines) is 1. The maximum absolute atomic E-state index is 13.4. The number of alkyl halides is 2. The van der Waals surface area contributed by atoms with Gasteiger partial charge >= 0.3 is 0 Å². The highest BCUT2D eigenvalue weighted by atomic mass is 19.3. The fourth-order valence-corrected chi connectivity index (χ4v) is 3.75. The number of aromatic nitrogens is 4. The predicted molar refractivity (Wildman–Crippen MR) is 70.7 cm³/mol. The van der Waals surface area contributed by atoms with Crippen LogP contribution in [0.25, 0.3) is 0 Å². The van der Waals surface area contributed by atoms with Gasteiger partial charge in [0.25, 0.3) is 0 Å². The van der Waals surface area contributed by atoms with Crippen molar-refractivity contribution in [2.75, 3.05) is 6.61 Å². The van der Waals surface area contributed by atoms with E-state index >= 15 is 0 Å². The monoisotopic (exact) mass is 301 g/mol. The first-order chi connectivity index (χ1) is 10.0. The van der Waals surface area contributed by atoms with E-state index in [0.29, 0.717) is 12.8 Å². The molecule has 0 amide bonds. The fourth-order valence-electron chi connectivity index (χ4n) is 3.75. The van der Waals surface area contributed by atoms with Gasteiger partial charge in [0.15, 0.2) is 5.82 Å². The average molecular weight is 301 g/mol. The molecule has 0 unspecified atom stereocenters. The van der Waals surface area contributed by atoms with Gasteiger partial charge in [0.1, 0.15) is 0 Å². The number of nitrogens with zero attached hydrogens (tertiary/aromatic N) is 5. The summed E-state index contributed by atoms with van der Waals surface area (Å²) in [6.07, 6.45) is 2.48. The summed E-state index contributed by atoms with van der Waals surface area (Å²) in [7, 11) is 1.79. The molecule has 6 nitrogen and oxygen atoms in total. The molecule has 8 heteroatoms. The molecule has 3 rings (SSSR count). The Morgan fingerprint density at radius 3 is 2.52 bits per heavy atom. The number of tetrazole rings is 1. The molecular formula is C13H21F2N5O. The predicted octanol–water partition coefficient (Wildman–Crippen LogP) is 1.29. The van der Waals surface area contributed by atoms with E-state index in [9.17, 15) is 13.9 Å². The largest absolute Gasteiger partial charge is 0.395 e. The molecule has 0 aromatic carbocycles. The van der Waals surface area contributed by atoms with Crippen LogP contribution in [0.4, 0.5) is 8.78 Å². The maximum atomic E-state index is 13.4. The van der Waals surface area contributed by atoms with Gasteiger partial charge in [-0.2, -0.15) is 0 Å². The zero-order valence-electron chi connectivity index (χ0n) is 12.1. The molecule has 118 valence electrons. The molecule has 2 aliphatic rings. The van der Waals surface area contributed by atoms with Crippen LogP contribution in [0.5, 0.6) is 0 Å². The van der Waals surface area contributed by atoms with Crippen molar-refractivity contribution in [2.24, 2.45) is 7.05 Å². The SMILES string of the molecule is Cn1nnnc1[C@@H]1CC[C@@H](CO)N1C1CCC(F)(F)CC1. The molecule has 1 aliphatic carbocycles. The number of hydrogen-bond donors (Lipinski definition) is 1. The summed E-state index contributed by atoms with van der Waals surface area (Å²) in [5.41, 5.74) is 0. The van der Waals surface area contributed by atoms with Gasteiger partial charge in [-0.1, -0.05) is 0 Å². The number of aliphatic hydroxyl groups is 1. The standard InChI is InChI=1S/C13H21F2N5O/c1-19-12(16-17-18-19)11-3-2-10(8-21)20(11)9-4-6-13(14,15)7-5-9/h9-11,21H,2-8H2,1H3/t10-,11-/m0/s1. The summed E-state index contributed by atoms with van der Waals surface area (Å²) >= 11 is 0. The summed E-state index contributed by atoms with van der Waals surface area (Å²) < 4.78 is 28.4. The van der Waals surface area contributed by atoms with Crippen molar-refractivity contribution in [1.82, 2.24) is 25.1 Å². The molecule has 0 spiro atoms. The first-order valence-corrected chi connectivity index (χ1v) is 7.50. The minimum atomic E-state index is -2.53. The van der Waals surface area contributed by atoms with Gasteiger partial charge in [0.05, 0.1) is 12.6 Å². The maximum Gasteiger partial charge on any atom is 0.248 e. The van der Waals surface area contributed by atoms with Crippen LogP contribution in [0.15, 0.2) is 0 Å². The molecule has 1 N–H and O–H groups in total. The molecule has 1 aromatic rings. The second-order valence-corrected chi connectivity index (χ2v) is 6.12. The number of halogens is 2. The van der Waals surface area contributed by atoms with Crippen LogP contribution in [0.3, 0.4) is 0 Å². The molecule has 2 heterocycles. The lowest BCUT2D eigenvalue weighted by atomic mass is 9.90. The molecule has 1 aliphatic heterocycles. The first kappa shape index (κ1) is 14.8. The van der Waals surface area contributed by atoms with Crippen molar-refractivity contribution < 1.29 is 13.9 Å². The molecule has 1 saturated heterocycles. The number of aliphatic hydroxyl groups excluding tert-OH is 1. The second kappa shape index (κ2) is 5.57. The van der Waals surface area contributed by atoms with Crippen molar-refractivity contribution in [3.8, 4) is 0 Å². The Kier molecular flexibility index (Phi) is 3.92. The molecular weight excluding hydrogens is 280 g/mol. The number of hydrogen-bond acceptors (Lipinski definition) is 5. The lowest BCUT2D eigenvalue weighted by Crippen LogP contribution is -2.46. The fraction of sp³-hybridized carbons (Fsp3) is 0.923. The number of aryl methyl sites for hydroxylation is 1. The molecule has 21 heavy (non-hydrogen) atoms. The molecule has 0 radical (unpaired) electrons. The molecule has 2 atom stereocenters. The Balaban J connectivity index is 1.80. The van der Waals surface area contributed by atoms with Crippen LogP contribution in [-0.2, 0) is 7.05 Å². The highest BCUT2D eigenvalue weighted by Gasteiger charge is 2.44. The summed E-state index contributed by atoms with van der Waals surface area (Å²) in [5.74, 6) is -1.78. The van der Waals surface area contributed by atoms with Crippen LogP contribution in [0.1, 0.15) is 50.4 Å². The van der Waals surface area contributed by atoms with Gasteiger partial charge in [-0.3, -0.25) is 4.90 Å². The Labute approximate surface area is 122 Å². The van der Waals surface area contributed by atoms with Crippen molar-refractivity contribution >= 4 is 0 Å². The van der Waals surface area contributed by atoms with E-state index in [1.54, 1.807) is 11.7 Å². The number of rotatable bonds is 3. The topological polar surface area (TPSA) is 67.1 Å². The lowest BCUT2D eigenvalue weighted by Gasteiger charge is -2.40.